The van der Waals surface area contributed by atoms with Crippen molar-refractivity contribution < 1.29 is 14.4 Å². The molecule has 0 spiro atoms. The van der Waals surface area contributed by atoms with Gasteiger partial charge in [0.1, 0.15) is 0 Å². The van der Waals surface area contributed by atoms with Gasteiger partial charge in [0.15, 0.2) is 0 Å². The Kier molecular flexibility index (Phi) is 8.00. The molecule has 0 radical (unpaired) electrons. The van der Waals surface area contributed by atoms with E-state index in [0.29, 0.717) is 43.0 Å². The quantitative estimate of drug-likeness (QED) is 0.448. The van der Waals surface area contributed by atoms with E-state index in [4.69, 9.17) is 5.73 Å². The molecule has 1 saturated carbocycles. The fourth-order valence-electron chi connectivity index (χ4n) is 4.99. The number of pyridine rings is 1. The van der Waals surface area contributed by atoms with Crippen molar-refractivity contribution in [2.45, 2.75) is 37.8 Å². The summed E-state index contributed by atoms with van der Waals surface area (Å²) in [6.07, 6.45) is 6.67. The molecular formula is C28H32N6O3S. The Morgan fingerprint density at radius 3 is 2.32 bits per heavy atom. The summed E-state index contributed by atoms with van der Waals surface area (Å²) < 4.78 is 0. The molecule has 3 amide bonds. The number of piperazine rings is 1. The summed E-state index contributed by atoms with van der Waals surface area (Å²) in [6.45, 7) is 2.37. The van der Waals surface area contributed by atoms with Crippen LogP contribution in [0.1, 0.15) is 56.1 Å². The number of nitrogens with zero attached hydrogens (tertiary/aromatic N) is 3. The summed E-state index contributed by atoms with van der Waals surface area (Å²) in [5.74, 6) is -0.400. The third kappa shape index (κ3) is 6.03. The minimum absolute atomic E-state index is 0.0431. The predicted octanol–water partition coefficient (Wildman–Crippen LogP) is 3.36. The van der Waals surface area contributed by atoms with Crippen LogP contribution in [0.4, 0.5) is 11.4 Å². The number of hydrogen-bond donors (Lipinski definition) is 3. The maximum Gasteiger partial charge on any atom is 0.264 e. The van der Waals surface area contributed by atoms with Crippen LogP contribution in [-0.4, -0.2) is 65.9 Å². The number of rotatable bonds is 6. The van der Waals surface area contributed by atoms with Crippen LogP contribution in [0.2, 0.25) is 0 Å². The average Bonchev–Trinajstić information content (AvgIpc) is 3.50. The maximum atomic E-state index is 13.1. The minimum Gasteiger partial charge on any atom is -0.366 e. The number of hydrogen-bond acceptors (Lipinski definition) is 7. The number of thiophene rings is 1. The molecule has 3 aromatic rings. The van der Waals surface area contributed by atoms with Crippen LogP contribution in [0.5, 0.6) is 0 Å². The molecule has 198 valence electrons. The number of aromatic nitrogens is 1. The Labute approximate surface area is 226 Å². The largest absolute Gasteiger partial charge is 0.366 e. The molecule has 4 N–H and O–H groups in total. The Morgan fingerprint density at radius 1 is 0.895 bits per heavy atom. The van der Waals surface area contributed by atoms with Crippen molar-refractivity contribution in [3.05, 3.63) is 76.2 Å². The van der Waals surface area contributed by atoms with Crippen LogP contribution in [-0.2, 0) is 0 Å². The zero-order valence-corrected chi connectivity index (χ0v) is 22.0. The average molecular weight is 533 g/mol. The molecule has 0 unspecified atom stereocenters. The van der Waals surface area contributed by atoms with Gasteiger partial charge in [0.05, 0.1) is 16.3 Å². The van der Waals surface area contributed by atoms with E-state index in [1.165, 1.54) is 11.3 Å². The lowest BCUT2D eigenvalue weighted by Gasteiger charge is -2.37. The second-order valence-corrected chi connectivity index (χ2v) is 10.7. The molecule has 2 fully saturated rings. The van der Waals surface area contributed by atoms with Crippen molar-refractivity contribution in [2.75, 3.05) is 36.4 Å². The second-order valence-electron chi connectivity index (χ2n) is 9.76. The zero-order chi connectivity index (χ0) is 26.5. The van der Waals surface area contributed by atoms with Gasteiger partial charge in [-0.15, -0.1) is 11.3 Å². The van der Waals surface area contributed by atoms with Crippen molar-refractivity contribution in [2.24, 2.45) is 5.73 Å². The Morgan fingerprint density at radius 2 is 1.63 bits per heavy atom. The lowest BCUT2D eigenvalue weighted by molar-refractivity contribution is 0.0751. The standard InChI is InChI=1S/C28H32N6O3S/c29-21-4-6-22(7-5-21)31-27(36)20-3-8-24(23(18-20)32-26(35)19-9-11-30-12-10-19)33-13-15-34(16-14-33)28(37)25-2-1-17-38-25/h1-3,8-12,17-18,21-22H,4-7,13-16,29H2,(H,31,36)(H,32,35). The van der Waals surface area contributed by atoms with Crippen LogP contribution in [0, 0.1) is 0 Å². The Bertz CT molecular complexity index is 1270. The first kappa shape index (κ1) is 25.9. The molecule has 1 aromatic carbocycles. The molecule has 0 atom stereocenters. The first-order chi connectivity index (χ1) is 18.5. The third-order valence-corrected chi connectivity index (χ3v) is 8.05. The summed E-state index contributed by atoms with van der Waals surface area (Å²) in [5.41, 5.74) is 8.35. The molecule has 0 bridgehead atoms. The summed E-state index contributed by atoms with van der Waals surface area (Å²) in [4.78, 5) is 47.6. The van der Waals surface area contributed by atoms with E-state index >= 15 is 0 Å². The lowest BCUT2D eigenvalue weighted by atomic mass is 9.91. The van der Waals surface area contributed by atoms with Crippen molar-refractivity contribution in [1.29, 1.82) is 0 Å². The van der Waals surface area contributed by atoms with Crippen LogP contribution >= 0.6 is 11.3 Å². The Balaban J connectivity index is 1.33. The third-order valence-electron chi connectivity index (χ3n) is 7.20. The molecule has 2 aliphatic rings. The highest BCUT2D eigenvalue weighted by Crippen LogP contribution is 2.30. The molecule has 5 rings (SSSR count). The van der Waals surface area contributed by atoms with Crippen molar-refractivity contribution in [3.8, 4) is 0 Å². The monoisotopic (exact) mass is 532 g/mol. The fourth-order valence-corrected chi connectivity index (χ4v) is 5.68. The Hall–Kier alpha value is -3.76. The van der Waals surface area contributed by atoms with Crippen LogP contribution < -0.4 is 21.3 Å². The summed E-state index contributed by atoms with van der Waals surface area (Å²) in [5, 5.41) is 8.03. The predicted molar refractivity (Wildman–Crippen MR) is 149 cm³/mol. The van der Waals surface area contributed by atoms with Gasteiger partial charge in [-0.1, -0.05) is 6.07 Å². The first-order valence-corrected chi connectivity index (χ1v) is 13.9. The molecule has 1 saturated heterocycles. The molecule has 2 aromatic heterocycles. The number of nitrogens with two attached hydrogens (primary N) is 1. The summed E-state index contributed by atoms with van der Waals surface area (Å²) in [7, 11) is 0. The second kappa shape index (κ2) is 11.7. The topological polar surface area (TPSA) is 121 Å². The van der Waals surface area contributed by atoms with Crippen molar-refractivity contribution >= 4 is 40.4 Å². The highest BCUT2D eigenvalue weighted by Gasteiger charge is 2.26. The maximum absolute atomic E-state index is 13.1. The molecule has 1 aliphatic carbocycles. The van der Waals surface area contributed by atoms with E-state index in [0.717, 1.165) is 36.2 Å². The van der Waals surface area contributed by atoms with E-state index < -0.39 is 0 Å². The van der Waals surface area contributed by atoms with E-state index in [1.54, 1.807) is 36.7 Å². The molecule has 1 aliphatic heterocycles. The van der Waals surface area contributed by atoms with E-state index in [9.17, 15) is 14.4 Å². The number of carbonyl (C=O) groups excluding carboxylic acids is 3. The molecule has 38 heavy (non-hydrogen) atoms. The number of benzene rings is 1. The number of nitrogens with one attached hydrogen (secondary N) is 2. The molecule has 9 nitrogen and oxygen atoms in total. The van der Waals surface area contributed by atoms with Gasteiger partial charge < -0.3 is 26.2 Å². The van der Waals surface area contributed by atoms with Crippen LogP contribution in [0.25, 0.3) is 0 Å². The number of anilines is 2. The smallest absolute Gasteiger partial charge is 0.264 e. The summed E-state index contributed by atoms with van der Waals surface area (Å²) >= 11 is 1.44. The van der Waals surface area contributed by atoms with E-state index in [-0.39, 0.29) is 29.8 Å². The summed E-state index contributed by atoms with van der Waals surface area (Å²) in [6, 6.07) is 12.7. The van der Waals surface area contributed by atoms with Gasteiger partial charge in [0.25, 0.3) is 17.7 Å². The highest BCUT2D eigenvalue weighted by molar-refractivity contribution is 7.12. The SMILES string of the molecule is NC1CCC(NC(=O)c2ccc(N3CCN(C(=O)c4cccs4)CC3)c(NC(=O)c3ccncc3)c2)CC1. The lowest BCUT2D eigenvalue weighted by Crippen LogP contribution is -2.48. The fraction of sp³-hybridized carbons (Fsp3) is 0.357. The van der Waals surface area contributed by atoms with Gasteiger partial charge in [-0.25, -0.2) is 0 Å². The number of carbonyl (C=O) groups is 3. The first-order valence-electron chi connectivity index (χ1n) is 13.0. The normalized spacial score (nSPS) is 19.6. The zero-order valence-electron chi connectivity index (χ0n) is 21.1. The van der Waals surface area contributed by atoms with Gasteiger partial charge in [-0.05, 0) is 67.5 Å². The number of amides is 3. The van der Waals surface area contributed by atoms with Gasteiger partial charge in [0, 0.05) is 61.8 Å². The van der Waals surface area contributed by atoms with E-state index in [2.05, 4.69) is 20.5 Å². The van der Waals surface area contributed by atoms with Crippen molar-refractivity contribution in [1.82, 2.24) is 15.2 Å². The molecule has 3 heterocycles. The van der Waals surface area contributed by atoms with Gasteiger partial charge in [-0.3, -0.25) is 19.4 Å². The molecule has 10 heteroatoms. The van der Waals surface area contributed by atoms with Crippen molar-refractivity contribution in [3.63, 3.8) is 0 Å². The van der Waals surface area contributed by atoms with Crippen LogP contribution in [0.3, 0.4) is 0 Å². The molecular weight excluding hydrogens is 500 g/mol. The van der Waals surface area contributed by atoms with Gasteiger partial charge in [0.2, 0.25) is 0 Å². The van der Waals surface area contributed by atoms with Gasteiger partial charge in [-0.2, -0.15) is 0 Å². The van der Waals surface area contributed by atoms with Gasteiger partial charge >= 0.3 is 0 Å². The minimum atomic E-state index is -0.279. The van der Waals surface area contributed by atoms with E-state index in [1.807, 2.05) is 28.5 Å². The van der Waals surface area contributed by atoms with Crippen LogP contribution in [0.15, 0.2) is 60.2 Å². The highest BCUT2D eigenvalue weighted by atomic mass is 32.1.